The quantitative estimate of drug-likeness (QED) is 0.497. The van der Waals surface area contributed by atoms with Crippen molar-refractivity contribution in [2.75, 3.05) is 12.0 Å². The van der Waals surface area contributed by atoms with Crippen LogP contribution in [0.2, 0.25) is 0 Å². The monoisotopic (exact) mass is 403 g/mol. The third kappa shape index (κ3) is 3.81. The molecule has 0 radical (unpaired) electrons. The van der Waals surface area contributed by atoms with Gasteiger partial charge < -0.3 is 10.7 Å². The zero-order valence-corrected chi connectivity index (χ0v) is 16.6. The number of nitrogens with two attached hydrogens (primary N) is 1. The molecule has 3 N–H and O–H groups in total. The Morgan fingerprint density at radius 3 is 2.55 bits per heavy atom. The topological polar surface area (TPSA) is 115 Å². The van der Waals surface area contributed by atoms with Crippen LogP contribution in [0.4, 0.5) is 5.95 Å². The summed E-state index contributed by atoms with van der Waals surface area (Å²) in [7, 11) is -3.28. The van der Waals surface area contributed by atoms with Gasteiger partial charge in [0.1, 0.15) is 5.65 Å². The molecule has 3 heterocycles. The molecule has 0 aliphatic carbocycles. The van der Waals surface area contributed by atoms with E-state index in [9.17, 15) is 8.42 Å². The minimum atomic E-state index is -3.28. The molecule has 0 fully saturated rings. The second kappa shape index (κ2) is 7.04. The summed E-state index contributed by atoms with van der Waals surface area (Å²) in [5, 5.41) is 0.971. The molecule has 0 unspecified atom stereocenters. The van der Waals surface area contributed by atoms with Gasteiger partial charge in [-0.2, -0.15) is 0 Å². The van der Waals surface area contributed by atoms with Crippen LogP contribution in [0, 0.1) is 18.8 Å². The fraction of sp³-hybridized carbons (Fsp3) is 0.0952. The van der Waals surface area contributed by atoms with Gasteiger partial charge in [-0.3, -0.25) is 0 Å². The Kier molecular flexibility index (Phi) is 4.53. The lowest BCUT2D eigenvalue weighted by atomic mass is 10.0. The number of nitrogens with zero attached hydrogens (tertiary/aromatic N) is 3. The first kappa shape index (κ1) is 18.7. The number of benzene rings is 1. The van der Waals surface area contributed by atoms with E-state index in [-0.39, 0.29) is 10.8 Å². The van der Waals surface area contributed by atoms with E-state index in [1.165, 1.54) is 6.26 Å². The third-order valence-corrected chi connectivity index (χ3v) is 5.52. The van der Waals surface area contributed by atoms with Crippen molar-refractivity contribution in [2.45, 2.75) is 11.8 Å². The molecule has 0 aliphatic heterocycles. The number of anilines is 1. The Hall–Kier alpha value is -3.70. The molecular weight excluding hydrogens is 386 g/mol. The maximum atomic E-state index is 11.7. The number of pyridine rings is 1. The number of sulfone groups is 1. The normalized spacial score (nSPS) is 11.2. The van der Waals surface area contributed by atoms with E-state index in [2.05, 4.69) is 31.8 Å². The highest BCUT2D eigenvalue weighted by Gasteiger charge is 2.13. The standard InChI is InChI=1S/C21H17N5O2S/c1-13-18(8-3-14-11-16-9-10-23-20(16)24-12-14)19(26-21(22)25-13)15-4-6-17(7-5-15)29(2,27)28/h4-7,9-12H,1-2H3,(H,23,24)(H2,22,25,26). The molecule has 0 saturated carbocycles. The first-order valence-corrected chi connectivity index (χ1v) is 10.6. The van der Waals surface area contributed by atoms with Crippen LogP contribution in [0.15, 0.2) is 53.7 Å². The molecule has 0 atom stereocenters. The van der Waals surface area contributed by atoms with Crippen molar-refractivity contribution in [3.63, 3.8) is 0 Å². The lowest BCUT2D eigenvalue weighted by Crippen LogP contribution is -2.03. The number of aromatic amines is 1. The zero-order valence-electron chi connectivity index (χ0n) is 15.8. The number of nitrogens with one attached hydrogen (secondary N) is 1. The first-order valence-electron chi connectivity index (χ1n) is 8.71. The molecule has 0 spiro atoms. The number of rotatable bonds is 2. The van der Waals surface area contributed by atoms with Crippen molar-refractivity contribution < 1.29 is 8.42 Å². The predicted octanol–water partition coefficient (Wildman–Crippen LogP) is 2.71. The summed E-state index contributed by atoms with van der Waals surface area (Å²) in [6, 6.07) is 10.3. The first-order chi connectivity index (χ1) is 13.8. The van der Waals surface area contributed by atoms with Crippen LogP contribution in [0.25, 0.3) is 22.3 Å². The number of aromatic nitrogens is 4. The maximum Gasteiger partial charge on any atom is 0.220 e. The molecule has 8 heteroatoms. The smallest absolute Gasteiger partial charge is 0.220 e. The highest BCUT2D eigenvalue weighted by molar-refractivity contribution is 7.90. The van der Waals surface area contributed by atoms with E-state index in [1.54, 1.807) is 30.5 Å². The average molecular weight is 403 g/mol. The lowest BCUT2D eigenvalue weighted by molar-refractivity contribution is 0.602. The molecule has 3 aromatic heterocycles. The van der Waals surface area contributed by atoms with Crippen LogP contribution in [-0.4, -0.2) is 34.6 Å². The summed E-state index contributed by atoms with van der Waals surface area (Å²) in [5.41, 5.74) is 9.93. The number of aryl methyl sites for hydroxylation is 1. The van der Waals surface area contributed by atoms with Crippen molar-refractivity contribution in [1.82, 2.24) is 19.9 Å². The Morgan fingerprint density at radius 1 is 1.07 bits per heavy atom. The average Bonchev–Trinajstić information content (AvgIpc) is 3.14. The van der Waals surface area contributed by atoms with Crippen LogP contribution in [0.3, 0.4) is 0 Å². The molecule has 144 valence electrons. The van der Waals surface area contributed by atoms with Crippen molar-refractivity contribution in [3.05, 3.63) is 65.6 Å². The van der Waals surface area contributed by atoms with Gasteiger partial charge in [-0.05, 0) is 31.2 Å². The third-order valence-electron chi connectivity index (χ3n) is 4.40. The second-order valence-electron chi connectivity index (χ2n) is 6.58. The molecule has 1 aromatic carbocycles. The highest BCUT2D eigenvalue weighted by atomic mass is 32.2. The Balaban J connectivity index is 1.80. The fourth-order valence-corrected chi connectivity index (χ4v) is 3.59. The van der Waals surface area contributed by atoms with Crippen molar-refractivity contribution in [1.29, 1.82) is 0 Å². The highest BCUT2D eigenvalue weighted by Crippen LogP contribution is 2.25. The van der Waals surface area contributed by atoms with Gasteiger partial charge in [0.2, 0.25) is 5.95 Å². The van der Waals surface area contributed by atoms with E-state index < -0.39 is 9.84 Å². The molecule has 7 nitrogen and oxygen atoms in total. The van der Waals surface area contributed by atoms with Crippen LogP contribution in [0.1, 0.15) is 16.8 Å². The van der Waals surface area contributed by atoms with E-state index in [1.807, 2.05) is 25.3 Å². The summed E-state index contributed by atoms with van der Waals surface area (Å²) in [5.74, 6) is 6.36. The zero-order chi connectivity index (χ0) is 20.6. The number of hydrogen-bond acceptors (Lipinski definition) is 6. The Labute approximate surface area is 168 Å². The molecule has 0 saturated heterocycles. The molecule has 0 bridgehead atoms. The van der Waals surface area contributed by atoms with Gasteiger partial charge in [0.05, 0.1) is 21.8 Å². The molecule has 4 aromatic rings. The summed E-state index contributed by atoms with van der Waals surface area (Å²) in [6.45, 7) is 1.81. The number of hydrogen-bond donors (Lipinski definition) is 2. The minimum Gasteiger partial charge on any atom is -0.368 e. The van der Waals surface area contributed by atoms with Gasteiger partial charge in [-0.15, -0.1) is 0 Å². The van der Waals surface area contributed by atoms with Gasteiger partial charge >= 0.3 is 0 Å². The molecule has 0 amide bonds. The van der Waals surface area contributed by atoms with E-state index in [0.29, 0.717) is 22.5 Å². The van der Waals surface area contributed by atoms with Crippen molar-refractivity contribution in [3.8, 4) is 23.1 Å². The maximum absolute atomic E-state index is 11.7. The van der Waals surface area contributed by atoms with Gasteiger partial charge in [-0.1, -0.05) is 24.0 Å². The van der Waals surface area contributed by atoms with Crippen LogP contribution in [-0.2, 0) is 9.84 Å². The Bertz CT molecular complexity index is 1390. The number of H-pyrrole nitrogens is 1. The summed E-state index contributed by atoms with van der Waals surface area (Å²) in [4.78, 5) is 16.2. The van der Waals surface area contributed by atoms with Crippen molar-refractivity contribution >= 4 is 26.8 Å². The molecule has 0 aliphatic rings. The van der Waals surface area contributed by atoms with E-state index >= 15 is 0 Å². The summed E-state index contributed by atoms with van der Waals surface area (Å²) in [6.07, 6.45) is 4.69. The van der Waals surface area contributed by atoms with Crippen LogP contribution < -0.4 is 5.73 Å². The van der Waals surface area contributed by atoms with E-state index in [4.69, 9.17) is 5.73 Å². The Morgan fingerprint density at radius 2 is 1.83 bits per heavy atom. The second-order valence-corrected chi connectivity index (χ2v) is 8.59. The van der Waals surface area contributed by atoms with Crippen LogP contribution >= 0.6 is 0 Å². The minimum absolute atomic E-state index is 0.130. The van der Waals surface area contributed by atoms with Crippen LogP contribution in [0.5, 0.6) is 0 Å². The molecule has 29 heavy (non-hydrogen) atoms. The fourth-order valence-electron chi connectivity index (χ4n) is 2.96. The van der Waals surface area contributed by atoms with Gasteiger partial charge in [0.25, 0.3) is 0 Å². The molecule has 4 rings (SSSR count). The van der Waals surface area contributed by atoms with Crippen molar-refractivity contribution in [2.24, 2.45) is 0 Å². The number of fused-ring (bicyclic) bond motifs is 1. The predicted molar refractivity (Wildman–Crippen MR) is 112 cm³/mol. The molecular formula is C21H17N5O2S. The summed E-state index contributed by atoms with van der Waals surface area (Å²) < 4.78 is 23.4. The van der Waals surface area contributed by atoms with E-state index in [0.717, 1.165) is 16.6 Å². The lowest BCUT2D eigenvalue weighted by Gasteiger charge is -2.08. The van der Waals surface area contributed by atoms with Gasteiger partial charge in [0, 0.05) is 35.2 Å². The summed E-state index contributed by atoms with van der Waals surface area (Å²) >= 11 is 0. The van der Waals surface area contributed by atoms with Gasteiger partial charge in [0.15, 0.2) is 9.84 Å². The van der Waals surface area contributed by atoms with Gasteiger partial charge in [-0.25, -0.2) is 23.4 Å². The SMILES string of the molecule is Cc1nc(N)nc(-c2ccc(S(C)(=O)=O)cc2)c1C#Cc1cnc2[nH]ccc2c1. The largest absolute Gasteiger partial charge is 0.368 e. The number of nitrogen functional groups attached to an aromatic ring is 1.